The lowest BCUT2D eigenvalue weighted by Gasteiger charge is -2.29. The Balaban J connectivity index is 1.86. The second-order valence-corrected chi connectivity index (χ2v) is 8.86. The lowest BCUT2D eigenvalue weighted by Crippen LogP contribution is -2.46. The zero-order valence-electron chi connectivity index (χ0n) is 19.0. The van der Waals surface area contributed by atoms with Gasteiger partial charge in [0.05, 0.1) is 18.8 Å². The number of alkyl halides is 3. The number of hydrogen-bond acceptors (Lipinski definition) is 5. The van der Waals surface area contributed by atoms with Gasteiger partial charge in [-0.3, -0.25) is 14.6 Å². The quantitative estimate of drug-likeness (QED) is 0.323. The van der Waals surface area contributed by atoms with Crippen LogP contribution in [0.3, 0.4) is 0 Å². The maximum Gasteiger partial charge on any atom is 0.446 e. The van der Waals surface area contributed by atoms with Crippen molar-refractivity contribution < 1.29 is 45.4 Å². The number of amides is 3. The molecule has 3 amide bonds. The summed E-state index contributed by atoms with van der Waals surface area (Å²) in [5, 5.41) is 0. The van der Waals surface area contributed by atoms with Crippen molar-refractivity contribution >= 4 is 29.4 Å². The topological polar surface area (TPSA) is 59.1 Å². The fraction of sp³-hybridized carbons (Fsp3) is 0.391. The Kier molecular flexibility index (Phi) is 9.25. The lowest BCUT2D eigenvalue weighted by molar-refractivity contribution is -0.160. The molecule has 1 aliphatic heterocycles. The fourth-order valence-corrected chi connectivity index (χ4v) is 4.04. The van der Waals surface area contributed by atoms with E-state index in [1.807, 2.05) is 0 Å². The van der Waals surface area contributed by atoms with Crippen LogP contribution < -0.4 is 4.90 Å². The molecule has 3 rings (SSSR count). The van der Waals surface area contributed by atoms with Gasteiger partial charge >= 0.3 is 11.5 Å². The largest absolute Gasteiger partial charge is 0.446 e. The van der Waals surface area contributed by atoms with E-state index in [2.05, 4.69) is 0 Å². The van der Waals surface area contributed by atoms with E-state index in [1.54, 1.807) is 0 Å². The number of halogens is 6. The second-order valence-electron chi connectivity index (χ2n) is 7.72. The van der Waals surface area contributed by atoms with Crippen molar-refractivity contribution in [3.8, 4) is 0 Å². The van der Waals surface area contributed by atoms with Crippen molar-refractivity contribution in [2.75, 3.05) is 31.7 Å². The van der Waals surface area contributed by atoms with Gasteiger partial charge in [0, 0.05) is 18.6 Å². The van der Waals surface area contributed by atoms with Crippen molar-refractivity contribution in [3.05, 3.63) is 59.4 Å². The van der Waals surface area contributed by atoms with Crippen LogP contribution in [0, 0.1) is 17.5 Å². The Bertz CT molecular complexity index is 1070. The number of carbonyl (C=O) groups excluding carboxylic acids is 2. The normalized spacial score (nSPS) is 16.0. The molecule has 1 saturated heterocycles. The molecule has 0 saturated carbocycles. The van der Waals surface area contributed by atoms with Crippen LogP contribution >= 0.6 is 11.8 Å². The number of hydrogen-bond donors (Lipinski definition) is 0. The van der Waals surface area contributed by atoms with Gasteiger partial charge in [-0.15, -0.1) is 0 Å². The minimum Gasteiger partial charge on any atom is -0.353 e. The minimum absolute atomic E-state index is 0.176. The second kappa shape index (κ2) is 12.0. The van der Waals surface area contributed by atoms with E-state index in [-0.39, 0.29) is 13.2 Å². The number of benzene rings is 2. The molecule has 6 nitrogen and oxygen atoms in total. The third-order valence-corrected chi connectivity index (χ3v) is 5.92. The number of imide groups is 1. The molecule has 1 aliphatic rings. The summed E-state index contributed by atoms with van der Waals surface area (Å²) in [5.74, 6) is -4.92. The fourth-order valence-electron chi connectivity index (χ4n) is 3.48. The van der Waals surface area contributed by atoms with Crippen LogP contribution in [0.15, 0.2) is 41.3 Å². The Hall–Kier alpha value is -2.77. The van der Waals surface area contributed by atoms with Gasteiger partial charge < -0.3 is 9.47 Å². The highest BCUT2D eigenvalue weighted by Gasteiger charge is 2.32. The molecular formula is C23H22F6N2O4S. The number of thioether (sulfide) groups is 1. The highest BCUT2D eigenvalue weighted by molar-refractivity contribution is 8.00. The Morgan fingerprint density at radius 3 is 2.36 bits per heavy atom. The summed E-state index contributed by atoms with van der Waals surface area (Å²) in [7, 11) is 0.945. The molecule has 13 heteroatoms. The SMILES string of the molecule is CN(C(=O)c1c(F)cccc1F)C(=O)N(CCOC1CCCCO1)c1ccc(SC(F)(F)F)cc1F. The van der Waals surface area contributed by atoms with Gasteiger partial charge in [0.15, 0.2) is 6.29 Å². The Labute approximate surface area is 207 Å². The first-order valence-electron chi connectivity index (χ1n) is 10.8. The smallest absolute Gasteiger partial charge is 0.353 e. The van der Waals surface area contributed by atoms with E-state index in [0.717, 1.165) is 55.1 Å². The van der Waals surface area contributed by atoms with Gasteiger partial charge in [0.25, 0.3) is 5.91 Å². The van der Waals surface area contributed by atoms with Crippen molar-refractivity contribution in [2.24, 2.45) is 0 Å². The van der Waals surface area contributed by atoms with Crippen LogP contribution in [-0.4, -0.2) is 55.4 Å². The van der Waals surface area contributed by atoms with E-state index in [9.17, 15) is 35.9 Å². The summed E-state index contributed by atoms with van der Waals surface area (Å²) in [6, 6.07) is 4.03. The molecule has 0 bridgehead atoms. The van der Waals surface area contributed by atoms with Gasteiger partial charge in [0.2, 0.25) is 0 Å². The summed E-state index contributed by atoms with van der Waals surface area (Å²) in [6.45, 7) is -0.0323. The molecular weight excluding hydrogens is 514 g/mol. The zero-order chi connectivity index (χ0) is 26.5. The Morgan fingerprint density at radius 1 is 1.08 bits per heavy atom. The van der Waals surface area contributed by atoms with Crippen molar-refractivity contribution in [1.29, 1.82) is 0 Å². The molecule has 0 radical (unpaired) electrons. The van der Waals surface area contributed by atoms with Crippen LogP contribution in [0.5, 0.6) is 0 Å². The minimum atomic E-state index is -4.66. The lowest BCUT2D eigenvalue weighted by atomic mass is 10.1. The molecule has 0 spiro atoms. The van der Waals surface area contributed by atoms with Gasteiger partial charge in [-0.2, -0.15) is 13.2 Å². The van der Waals surface area contributed by atoms with Gasteiger partial charge in [-0.05, 0) is 61.4 Å². The van der Waals surface area contributed by atoms with Crippen molar-refractivity contribution in [1.82, 2.24) is 4.90 Å². The highest BCUT2D eigenvalue weighted by Crippen LogP contribution is 2.38. The van der Waals surface area contributed by atoms with Gasteiger partial charge in [0.1, 0.15) is 23.0 Å². The molecule has 1 atom stereocenters. The molecule has 2 aromatic rings. The Morgan fingerprint density at radius 2 is 1.78 bits per heavy atom. The standard InChI is InChI=1S/C23H22F6N2O4S/c1-30(21(32)20-15(24)5-4-6-16(20)25)22(33)31(10-12-35-19-7-2-3-11-34-19)18-9-8-14(13-17(18)26)36-23(27,28)29/h4-6,8-9,13,19H,2-3,7,10-12H2,1H3. The zero-order valence-corrected chi connectivity index (χ0v) is 19.8. The molecule has 0 N–H and O–H groups in total. The number of ether oxygens (including phenoxy) is 2. The van der Waals surface area contributed by atoms with Crippen molar-refractivity contribution in [3.63, 3.8) is 0 Å². The summed E-state index contributed by atoms with van der Waals surface area (Å²) in [4.78, 5) is 26.6. The van der Waals surface area contributed by atoms with Gasteiger partial charge in [-0.25, -0.2) is 18.0 Å². The number of carbonyl (C=O) groups is 2. The molecule has 2 aromatic carbocycles. The third kappa shape index (κ3) is 7.14. The summed E-state index contributed by atoms with van der Waals surface area (Å²) in [6.07, 6.45) is 1.75. The number of nitrogens with zero attached hydrogens (tertiary/aromatic N) is 2. The average Bonchev–Trinajstić information content (AvgIpc) is 2.81. The highest BCUT2D eigenvalue weighted by atomic mass is 32.2. The first kappa shape index (κ1) is 27.8. The van der Waals surface area contributed by atoms with Crippen molar-refractivity contribution in [2.45, 2.75) is 36.0 Å². The van der Waals surface area contributed by atoms with E-state index < -0.39 is 69.1 Å². The first-order chi connectivity index (χ1) is 17.0. The van der Waals surface area contributed by atoms with E-state index in [0.29, 0.717) is 24.0 Å². The molecule has 0 aliphatic carbocycles. The van der Waals surface area contributed by atoms with Crippen LogP contribution in [0.2, 0.25) is 0 Å². The molecule has 1 fully saturated rings. The molecule has 1 heterocycles. The molecule has 0 aromatic heterocycles. The van der Waals surface area contributed by atoms with Crippen LogP contribution in [0.1, 0.15) is 29.6 Å². The van der Waals surface area contributed by atoms with Crippen LogP contribution in [0.4, 0.5) is 36.8 Å². The number of rotatable bonds is 7. The molecule has 196 valence electrons. The van der Waals surface area contributed by atoms with Crippen LogP contribution in [0.25, 0.3) is 0 Å². The van der Waals surface area contributed by atoms with Gasteiger partial charge in [-0.1, -0.05) is 6.07 Å². The molecule has 36 heavy (non-hydrogen) atoms. The maximum atomic E-state index is 14.9. The first-order valence-corrected chi connectivity index (χ1v) is 11.6. The maximum absolute atomic E-state index is 14.9. The van der Waals surface area contributed by atoms with E-state index >= 15 is 0 Å². The third-order valence-electron chi connectivity index (χ3n) is 5.20. The summed E-state index contributed by atoms with van der Waals surface area (Å²) in [5.41, 5.74) is -6.10. The monoisotopic (exact) mass is 536 g/mol. The van der Waals surface area contributed by atoms with E-state index in [4.69, 9.17) is 9.47 Å². The number of anilines is 1. The number of urea groups is 1. The average molecular weight is 536 g/mol. The summed E-state index contributed by atoms with van der Waals surface area (Å²) < 4.78 is 92.1. The van der Waals surface area contributed by atoms with Crippen LogP contribution in [-0.2, 0) is 9.47 Å². The predicted molar refractivity (Wildman–Crippen MR) is 119 cm³/mol. The predicted octanol–water partition coefficient (Wildman–Crippen LogP) is 5.96. The van der Waals surface area contributed by atoms with E-state index in [1.165, 1.54) is 0 Å². The molecule has 1 unspecified atom stereocenters. The summed E-state index contributed by atoms with van der Waals surface area (Å²) >= 11 is -0.540.